The van der Waals surface area contributed by atoms with Gasteiger partial charge in [0.15, 0.2) is 0 Å². The van der Waals surface area contributed by atoms with Crippen molar-refractivity contribution in [1.29, 1.82) is 0 Å². The fourth-order valence-electron chi connectivity index (χ4n) is 3.12. The van der Waals surface area contributed by atoms with E-state index < -0.39 is 11.7 Å². The fourth-order valence-corrected chi connectivity index (χ4v) is 3.87. The van der Waals surface area contributed by atoms with Gasteiger partial charge in [-0.1, -0.05) is 12.1 Å². The first-order valence-electron chi connectivity index (χ1n) is 8.66. The van der Waals surface area contributed by atoms with Gasteiger partial charge >= 0.3 is 6.18 Å². The molecule has 1 amide bonds. The predicted molar refractivity (Wildman–Crippen MR) is 97.5 cm³/mol. The van der Waals surface area contributed by atoms with Crippen LogP contribution in [0.25, 0.3) is 0 Å². The van der Waals surface area contributed by atoms with E-state index in [2.05, 4.69) is 6.07 Å². The van der Waals surface area contributed by atoms with Gasteiger partial charge in [0, 0.05) is 43.2 Å². The second-order valence-corrected chi connectivity index (χ2v) is 7.38. The van der Waals surface area contributed by atoms with E-state index >= 15 is 0 Å². The summed E-state index contributed by atoms with van der Waals surface area (Å²) in [4.78, 5) is 17.3. The Morgan fingerprint density at radius 3 is 2.50 bits per heavy atom. The number of alkyl halides is 3. The third-order valence-corrected chi connectivity index (χ3v) is 5.50. The van der Waals surface area contributed by atoms with Crippen LogP contribution in [-0.2, 0) is 17.4 Å². The Morgan fingerprint density at radius 1 is 1.08 bits per heavy atom. The van der Waals surface area contributed by atoms with Gasteiger partial charge in [-0.3, -0.25) is 4.79 Å². The number of amides is 1. The molecule has 2 aromatic rings. The smallest absolute Gasteiger partial charge is 0.368 e. The van der Waals surface area contributed by atoms with Crippen LogP contribution in [0.15, 0.2) is 41.8 Å². The Hall–Kier alpha value is -2.02. The van der Waals surface area contributed by atoms with Gasteiger partial charge in [0.1, 0.15) is 0 Å². The zero-order valence-electron chi connectivity index (χ0n) is 14.3. The molecule has 1 aromatic heterocycles. The molecule has 1 aliphatic rings. The molecule has 0 radical (unpaired) electrons. The summed E-state index contributed by atoms with van der Waals surface area (Å²) in [5.74, 6) is 0.130. The molecule has 1 fully saturated rings. The molecule has 0 aliphatic carbocycles. The molecule has 1 aromatic carbocycles. The number of aryl methyl sites for hydroxylation is 1. The van der Waals surface area contributed by atoms with E-state index in [1.54, 1.807) is 17.4 Å². The van der Waals surface area contributed by atoms with Crippen molar-refractivity contribution >= 4 is 22.9 Å². The number of halogens is 3. The van der Waals surface area contributed by atoms with Crippen molar-refractivity contribution in [1.82, 2.24) is 4.90 Å². The molecule has 1 aliphatic heterocycles. The van der Waals surface area contributed by atoms with E-state index in [0.29, 0.717) is 38.3 Å². The van der Waals surface area contributed by atoms with E-state index in [-0.39, 0.29) is 5.91 Å². The minimum atomic E-state index is -4.34. The van der Waals surface area contributed by atoms with Gasteiger partial charge in [-0.15, -0.1) is 11.3 Å². The Kier molecular flexibility index (Phi) is 5.86. The highest BCUT2D eigenvalue weighted by molar-refractivity contribution is 7.09. The summed E-state index contributed by atoms with van der Waals surface area (Å²) in [5, 5.41) is 2.03. The van der Waals surface area contributed by atoms with Crippen LogP contribution in [0, 0.1) is 0 Å². The molecule has 0 saturated carbocycles. The molecule has 26 heavy (non-hydrogen) atoms. The summed E-state index contributed by atoms with van der Waals surface area (Å²) in [6.07, 6.45) is -2.08. The molecule has 0 N–H and O–H groups in total. The largest absolute Gasteiger partial charge is 0.416 e. The number of benzene rings is 1. The number of nitrogens with zero attached hydrogens (tertiary/aromatic N) is 2. The summed E-state index contributed by atoms with van der Waals surface area (Å²) < 4.78 is 38.6. The second kappa shape index (κ2) is 8.12. The lowest BCUT2D eigenvalue weighted by Crippen LogP contribution is -2.48. The SMILES string of the molecule is O=C(CCCc1cccs1)N1CCN(c2cccc(C(F)(F)F)c2)CC1. The highest BCUT2D eigenvalue weighted by Gasteiger charge is 2.31. The average molecular weight is 382 g/mol. The topological polar surface area (TPSA) is 23.6 Å². The van der Waals surface area contributed by atoms with Crippen molar-refractivity contribution < 1.29 is 18.0 Å². The zero-order valence-corrected chi connectivity index (χ0v) is 15.2. The van der Waals surface area contributed by atoms with Crippen LogP contribution in [0.4, 0.5) is 18.9 Å². The molecule has 140 valence electrons. The van der Waals surface area contributed by atoms with E-state index in [4.69, 9.17) is 0 Å². The summed E-state index contributed by atoms with van der Waals surface area (Å²) in [5.41, 5.74) is -0.0771. The third kappa shape index (κ3) is 4.78. The lowest BCUT2D eigenvalue weighted by molar-refractivity contribution is -0.137. The monoisotopic (exact) mass is 382 g/mol. The minimum Gasteiger partial charge on any atom is -0.368 e. The molecule has 1 saturated heterocycles. The van der Waals surface area contributed by atoms with Crippen LogP contribution in [0.3, 0.4) is 0 Å². The first-order valence-corrected chi connectivity index (χ1v) is 9.54. The lowest BCUT2D eigenvalue weighted by Gasteiger charge is -2.36. The molecule has 3 nitrogen and oxygen atoms in total. The van der Waals surface area contributed by atoms with Crippen LogP contribution >= 0.6 is 11.3 Å². The Bertz CT molecular complexity index is 723. The van der Waals surface area contributed by atoms with Crippen molar-refractivity contribution in [3.05, 3.63) is 52.2 Å². The summed E-state index contributed by atoms with van der Waals surface area (Å²) in [6, 6.07) is 9.46. The van der Waals surface area contributed by atoms with Gasteiger partial charge < -0.3 is 9.80 Å². The fraction of sp³-hybridized carbons (Fsp3) is 0.421. The summed E-state index contributed by atoms with van der Waals surface area (Å²) >= 11 is 1.70. The summed E-state index contributed by atoms with van der Waals surface area (Å²) in [6.45, 7) is 2.21. The number of carbonyl (C=O) groups is 1. The molecular formula is C19H21F3N2OS. The Balaban J connectivity index is 1.48. The van der Waals surface area contributed by atoms with Gasteiger partial charge in [-0.25, -0.2) is 0 Å². The average Bonchev–Trinajstić information content (AvgIpc) is 3.15. The minimum absolute atomic E-state index is 0.130. The highest BCUT2D eigenvalue weighted by atomic mass is 32.1. The lowest BCUT2D eigenvalue weighted by atomic mass is 10.1. The maximum absolute atomic E-state index is 12.9. The first kappa shape index (κ1) is 18.8. The van der Waals surface area contributed by atoms with Crippen molar-refractivity contribution in [3.8, 4) is 0 Å². The summed E-state index contributed by atoms with van der Waals surface area (Å²) in [7, 11) is 0. The number of thiophene rings is 1. The van der Waals surface area contributed by atoms with Crippen molar-refractivity contribution in [2.24, 2.45) is 0 Å². The highest BCUT2D eigenvalue weighted by Crippen LogP contribution is 2.31. The number of rotatable bonds is 5. The van der Waals surface area contributed by atoms with Gasteiger partial charge in [0.2, 0.25) is 5.91 Å². The van der Waals surface area contributed by atoms with E-state index in [1.165, 1.54) is 17.0 Å². The van der Waals surface area contributed by atoms with Crippen molar-refractivity contribution in [2.75, 3.05) is 31.1 Å². The third-order valence-electron chi connectivity index (χ3n) is 4.56. The van der Waals surface area contributed by atoms with Gasteiger partial charge in [0.05, 0.1) is 5.56 Å². The van der Waals surface area contributed by atoms with Crippen LogP contribution in [-0.4, -0.2) is 37.0 Å². The molecule has 0 spiro atoms. The number of hydrogen-bond donors (Lipinski definition) is 0. The van der Waals surface area contributed by atoms with E-state index in [0.717, 1.165) is 18.9 Å². The first-order chi connectivity index (χ1) is 12.4. The quantitative estimate of drug-likeness (QED) is 0.763. The van der Waals surface area contributed by atoms with Crippen molar-refractivity contribution in [3.63, 3.8) is 0 Å². The van der Waals surface area contributed by atoms with Gasteiger partial charge in [-0.05, 0) is 42.5 Å². The zero-order chi connectivity index (χ0) is 18.6. The van der Waals surface area contributed by atoms with Crippen LogP contribution in [0.1, 0.15) is 23.3 Å². The Morgan fingerprint density at radius 2 is 1.85 bits per heavy atom. The van der Waals surface area contributed by atoms with Crippen molar-refractivity contribution in [2.45, 2.75) is 25.4 Å². The molecule has 0 atom stereocenters. The number of carbonyl (C=O) groups excluding carboxylic acids is 1. The molecule has 7 heteroatoms. The molecular weight excluding hydrogens is 361 g/mol. The maximum Gasteiger partial charge on any atom is 0.416 e. The number of hydrogen-bond acceptors (Lipinski definition) is 3. The van der Waals surface area contributed by atoms with Gasteiger partial charge in [0.25, 0.3) is 0 Å². The van der Waals surface area contributed by atoms with Crippen LogP contribution < -0.4 is 4.90 Å². The number of piperazine rings is 1. The number of anilines is 1. The van der Waals surface area contributed by atoms with E-state index in [1.807, 2.05) is 21.2 Å². The maximum atomic E-state index is 12.9. The van der Waals surface area contributed by atoms with E-state index in [9.17, 15) is 18.0 Å². The molecule has 0 bridgehead atoms. The molecule has 0 unspecified atom stereocenters. The molecule has 2 heterocycles. The second-order valence-electron chi connectivity index (χ2n) is 6.35. The molecule has 3 rings (SSSR count). The van der Waals surface area contributed by atoms with Crippen LogP contribution in [0.5, 0.6) is 0 Å². The Labute approximate surface area is 155 Å². The normalized spacial score (nSPS) is 15.3. The predicted octanol–water partition coefficient (Wildman–Crippen LogP) is 4.44. The van der Waals surface area contributed by atoms with Gasteiger partial charge in [-0.2, -0.15) is 13.2 Å². The van der Waals surface area contributed by atoms with Crippen LogP contribution in [0.2, 0.25) is 0 Å². The standard InChI is InChI=1S/C19H21F3N2OS/c20-19(21,22)15-4-1-5-16(14-15)23-9-11-24(12-10-23)18(25)8-2-6-17-7-3-13-26-17/h1,3-5,7,13-14H,2,6,8-12H2.